The molecule has 0 spiro atoms. The highest BCUT2D eigenvalue weighted by Gasteiger charge is 2.21. The summed E-state index contributed by atoms with van der Waals surface area (Å²) in [7, 11) is 0. The molecule has 1 aliphatic heterocycles. The molecule has 0 unspecified atom stereocenters. The maximum atomic E-state index is 11.6. The van der Waals surface area contributed by atoms with Crippen molar-refractivity contribution in [1.29, 1.82) is 0 Å². The van der Waals surface area contributed by atoms with Crippen molar-refractivity contribution in [3.63, 3.8) is 0 Å². The molecule has 1 saturated heterocycles. The quantitative estimate of drug-likeness (QED) is 0.776. The predicted octanol–water partition coefficient (Wildman–Crippen LogP) is 1.21. The molecule has 16 heavy (non-hydrogen) atoms. The average Bonchev–Trinajstić information content (AvgIpc) is 2.24. The van der Waals surface area contributed by atoms with Crippen molar-refractivity contribution < 1.29 is 14.3 Å². The van der Waals surface area contributed by atoms with Crippen molar-refractivity contribution in [1.82, 2.24) is 5.32 Å². The van der Waals surface area contributed by atoms with Gasteiger partial charge in [-0.05, 0) is 19.1 Å². The van der Waals surface area contributed by atoms with Crippen molar-refractivity contribution >= 4 is 5.97 Å². The van der Waals surface area contributed by atoms with Crippen LogP contribution in [0.2, 0.25) is 0 Å². The highest BCUT2D eigenvalue weighted by molar-refractivity contribution is 5.92. The normalized spacial score (nSPS) is 15.3. The summed E-state index contributed by atoms with van der Waals surface area (Å²) in [6.07, 6.45) is 0.163. The van der Waals surface area contributed by atoms with Gasteiger partial charge in [-0.15, -0.1) is 0 Å². The van der Waals surface area contributed by atoms with Gasteiger partial charge in [-0.1, -0.05) is 12.1 Å². The molecule has 0 aromatic heterocycles. The van der Waals surface area contributed by atoms with Gasteiger partial charge in [0.15, 0.2) is 0 Å². The van der Waals surface area contributed by atoms with Gasteiger partial charge in [-0.3, -0.25) is 0 Å². The van der Waals surface area contributed by atoms with E-state index >= 15 is 0 Å². The third-order valence-corrected chi connectivity index (χ3v) is 2.42. The first-order chi connectivity index (χ1) is 7.81. The van der Waals surface area contributed by atoms with Crippen LogP contribution in [0.1, 0.15) is 17.3 Å². The Morgan fingerprint density at radius 2 is 2.19 bits per heavy atom. The van der Waals surface area contributed by atoms with Crippen LogP contribution < -0.4 is 10.1 Å². The van der Waals surface area contributed by atoms with Gasteiger partial charge in [0.2, 0.25) is 0 Å². The molecule has 4 nitrogen and oxygen atoms in total. The van der Waals surface area contributed by atoms with E-state index in [-0.39, 0.29) is 12.1 Å². The number of esters is 1. The van der Waals surface area contributed by atoms with E-state index in [9.17, 15) is 4.79 Å². The first-order valence-electron chi connectivity index (χ1n) is 5.44. The minimum Gasteiger partial charge on any atom is -0.487 e. The first kappa shape index (κ1) is 11.0. The zero-order chi connectivity index (χ0) is 11.4. The van der Waals surface area contributed by atoms with Crippen molar-refractivity contribution in [3.8, 4) is 5.75 Å². The molecule has 4 heteroatoms. The molecule has 1 aliphatic rings. The molecule has 86 valence electrons. The van der Waals surface area contributed by atoms with E-state index in [0.717, 1.165) is 13.1 Å². The second-order valence-electron chi connectivity index (χ2n) is 3.61. The van der Waals surface area contributed by atoms with Gasteiger partial charge in [0.25, 0.3) is 0 Å². The van der Waals surface area contributed by atoms with Crippen LogP contribution in [0.15, 0.2) is 24.3 Å². The molecule has 1 aromatic rings. The summed E-state index contributed by atoms with van der Waals surface area (Å²) < 4.78 is 10.7. The molecule has 0 saturated carbocycles. The predicted molar refractivity (Wildman–Crippen MR) is 59.7 cm³/mol. The number of carbonyl (C=O) groups is 1. The third kappa shape index (κ3) is 2.33. The summed E-state index contributed by atoms with van der Waals surface area (Å²) in [5.41, 5.74) is 0.497. The fourth-order valence-corrected chi connectivity index (χ4v) is 1.47. The van der Waals surface area contributed by atoms with E-state index in [2.05, 4.69) is 5.32 Å². The lowest BCUT2D eigenvalue weighted by Crippen LogP contribution is -2.50. The smallest absolute Gasteiger partial charge is 0.341 e. The van der Waals surface area contributed by atoms with E-state index in [4.69, 9.17) is 9.47 Å². The van der Waals surface area contributed by atoms with Crippen LogP contribution in [0.4, 0.5) is 0 Å². The Bertz CT molecular complexity index is 374. The molecular weight excluding hydrogens is 206 g/mol. The number of nitrogens with one attached hydrogen (secondary N) is 1. The van der Waals surface area contributed by atoms with Crippen LogP contribution in [-0.2, 0) is 4.74 Å². The number of hydrogen-bond acceptors (Lipinski definition) is 4. The number of hydrogen-bond donors (Lipinski definition) is 1. The van der Waals surface area contributed by atoms with Crippen molar-refractivity contribution in [2.24, 2.45) is 0 Å². The maximum absolute atomic E-state index is 11.6. The molecule has 0 atom stereocenters. The van der Waals surface area contributed by atoms with E-state index < -0.39 is 0 Å². The maximum Gasteiger partial charge on any atom is 0.341 e. The second kappa shape index (κ2) is 4.99. The Labute approximate surface area is 94.6 Å². The topological polar surface area (TPSA) is 47.6 Å². The summed E-state index contributed by atoms with van der Waals surface area (Å²) in [5, 5.41) is 3.11. The molecule has 1 aromatic carbocycles. The highest BCUT2D eigenvalue weighted by atomic mass is 16.5. The van der Waals surface area contributed by atoms with E-state index in [1.807, 2.05) is 6.07 Å². The molecule has 0 radical (unpaired) electrons. The lowest BCUT2D eigenvalue weighted by molar-refractivity contribution is 0.0515. The van der Waals surface area contributed by atoms with Gasteiger partial charge in [0, 0.05) is 13.1 Å². The largest absolute Gasteiger partial charge is 0.487 e. The van der Waals surface area contributed by atoms with E-state index in [1.54, 1.807) is 25.1 Å². The SMILES string of the molecule is CCOC(=O)c1ccccc1OC1CNC1. The van der Waals surface area contributed by atoms with Crippen LogP contribution in [0.3, 0.4) is 0 Å². The standard InChI is InChI=1S/C12H15NO3/c1-2-15-12(14)10-5-3-4-6-11(10)16-9-7-13-8-9/h3-6,9,13H,2,7-8H2,1H3. The van der Waals surface area contributed by atoms with E-state index in [0.29, 0.717) is 17.9 Å². The van der Waals surface area contributed by atoms with Gasteiger partial charge < -0.3 is 14.8 Å². The summed E-state index contributed by atoms with van der Waals surface area (Å²) in [4.78, 5) is 11.6. The molecule has 2 rings (SSSR count). The van der Waals surface area contributed by atoms with Crippen molar-refractivity contribution in [2.45, 2.75) is 13.0 Å². The molecule has 0 bridgehead atoms. The van der Waals surface area contributed by atoms with Gasteiger partial charge in [-0.2, -0.15) is 0 Å². The monoisotopic (exact) mass is 221 g/mol. The number of para-hydroxylation sites is 1. The molecular formula is C12H15NO3. The minimum absolute atomic E-state index is 0.163. The van der Waals surface area contributed by atoms with Crippen LogP contribution in [0.5, 0.6) is 5.75 Å². The van der Waals surface area contributed by atoms with Gasteiger partial charge in [0.05, 0.1) is 6.61 Å². The Hall–Kier alpha value is -1.55. The Kier molecular flexibility index (Phi) is 3.41. The molecule has 1 N–H and O–H groups in total. The van der Waals surface area contributed by atoms with Crippen LogP contribution in [-0.4, -0.2) is 31.8 Å². The van der Waals surface area contributed by atoms with E-state index in [1.165, 1.54) is 0 Å². The second-order valence-corrected chi connectivity index (χ2v) is 3.61. The first-order valence-corrected chi connectivity index (χ1v) is 5.44. The van der Waals surface area contributed by atoms with Crippen LogP contribution >= 0.6 is 0 Å². The Morgan fingerprint density at radius 3 is 2.81 bits per heavy atom. The van der Waals surface area contributed by atoms with Crippen LogP contribution in [0.25, 0.3) is 0 Å². The highest BCUT2D eigenvalue weighted by Crippen LogP contribution is 2.21. The fourth-order valence-electron chi connectivity index (χ4n) is 1.47. The third-order valence-electron chi connectivity index (χ3n) is 2.42. The number of carbonyl (C=O) groups excluding carboxylic acids is 1. The average molecular weight is 221 g/mol. The molecule has 0 aliphatic carbocycles. The number of rotatable bonds is 4. The summed E-state index contributed by atoms with van der Waals surface area (Å²) in [5.74, 6) is 0.276. The number of ether oxygens (including phenoxy) is 2. The molecule has 1 heterocycles. The molecule has 0 amide bonds. The van der Waals surface area contributed by atoms with Gasteiger partial charge in [0.1, 0.15) is 17.4 Å². The lowest BCUT2D eigenvalue weighted by atomic mass is 10.2. The van der Waals surface area contributed by atoms with Crippen molar-refractivity contribution in [3.05, 3.63) is 29.8 Å². The zero-order valence-electron chi connectivity index (χ0n) is 9.23. The summed E-state index contributed by atoms with van der Waals surface area (Å²) >= 11 is 0. The van der Waals surface area contributed by atoms with Crippen molar-refractivity contribution in [2.75, 3.05) is 19.7 Å². The van der Waals surface area contributed by atoms with Gasteiger partial charge in [-0.25, -0.2) is 4.79 Å². The lowest BCUT2D eigenvalue weighted by Gasteiger charge is -2.28. The Morgan fingerprint density at radius 1 is 1.44 bits per heavy atom. The fraction of sp³-hybridized carbons (Fsp3) is 0.417. The van der Waals surface area contributed by atoms with Gasteiger partial charge >= 0.3 is 5.97 Å². The Balaban J connectivity index is 2.12. The van der Waals surface area contributed by atoms with Crippen LogP contribution in [0, 0.1) is 0 Å². The molecule has 1 fully saturated rings. The summed E-state index contributed by atoms with van der Waals surface area (Å²) in [6, 6.07) is 7.17. The minimum atomic E-state index is -0.328. The number of benzene rings is 1. The zero-order valence-corrected chi connectivity index (χ0v) is 9.23. The summed E-state index contributed by atoms with van der Waals surface area (Å²) in [6.45, 7) is 3.82.